The van der Waals surface area contributed by atoms with Crippen LogP contribution >= 0.6 is 0 Å². The molecule has 0 saturated carbocycles. The minimum Gasteiger partial charge on any atom is -0.376 e. The van der Waals surface area contributed by atoms with E-state index in [0.717, 1.165) is 19.4 Å². The van der Waals surface area contributed by atoms with E-state index in [4.69, 9.17) is 10.00 Å². The summed E-state index contributed by atoms with van der Waals surface area (Å²) in [5.41, 5.74) is 0.374. The van der Waals surface area contributed by atoms with E-state index in [-0.39, 0.29) is 29.5 Å². The molecule has 1 atom stereocenters. The molecular weight excluding hydrogens is 294 g/mol. The molecule has 1 aromatic carbocycles. The van der Waals surface area contributed by atoms with E-state index < -0.39 is 0 Å². The highest BCUT2D eigenvalue weighted by molar-refractivity contribution is 5.83. The fraction of sp³-hybridized carbons (Fsp3) is 0.353. The number of nitrogens with zero attached hydrogens (tertiary/aromatic N) is 2. The van der Waals surface area contributed by atoms with E-state index in [9.17, 15) is 9.59 Å². The number of aromatic nitrogens is 1. The van der Waals surface area contributed by atoms with Crippen molar-refractivity contribution in [2.75, 3.05) is 13.2 Å². The van der Waals surface area contributed by atoms with Gasteiger partial charge in [-0.2, -0.15) is 5.26 Å². The molecule has 1 amide bonds. The van der Waals surface area contributed by atoms with Gasteiger partial charge in [0.2, 0.25) is 11.3 Å². The van der Waals surface area contributed by atoms with Gasteiger partial charge >= 0.3 is 0 Å². The number of benzene rings is 1. The van der Waals surface area contributed by atoms with Crippen LogP contribution in [0.15, 0.2) is 35.3 Å². The summed E-state index contributed by atoms with van der Waals surface area (Å²) >= 11 is 0. The van der Waals surface area contributed by atoms with Crippen molar-refractivity contribution in [3.63, 3.8) is 0 Å². The Hall–Kier alpha value is -2.65. The number of hydrogen-bond donors (Lipinski definition) is 1. The van der Waals surface area contributed by atoms with Crippen LogP contribution in [0.3, 0.4) is 0 Å². The molecule has 1 N–H and O–H groups in total. The number of carbonyl (C=O) groups is 1. The van der Waals surface area contributed by atoms with Crippen molar-refractivity contribution < 1.29 is 9.53 Å². The topological polar surface area (TPSA) is 84.1 Å². The fourth-order valence-corrected chi connectivity index (χ4v) is 2.80. The Morgan fingerprint density at radius 3 is 3.00 bits per heavy atom. The van der Waals surface area contributed by atoms with Crippen LogP contribution in [0.1, 0.15) is 18.4 Å². The van der Waals surface area contributed by atoms with Crippen LogP contribution in [0.4, 0.5) is 0 Å². The first-order valence-electron chi connectivity index (χ1n) is 7.59. The first-order chi connectivity index (χ1) is 11.2. The zero-order valence-electron chi connectivity index (χ0n) is 12.6. The number of fused-ring (bicyclic) bond motifs is 1. The largest absolute Gasteiger partial charge is 0.376 e. The third-order valence-corrected chi connectivity index (χ3v) is 3.97. The number of ether oxygens (including phenoxy) is 1. The Balaban J connectivity index is 1.81. The first-order valence-corrected chi connectivity index (χ1v) is 7.59. The van der Waals surface area contributed by atoms with Crippen molar-refractivity contribution in [1.82, 2.24) is 9.88 Å². The predicted octanol–water partition coefficient (Wildman–Crippen LogP) is 1.17. The quantitative estimate of drug-likeness (QED) is 0.918. The van der Waals surface area contributed by atoms with Crippen LogP contribution in [0, 0.1) is 11.3 Å². The van der Waals surface area contributed by atoms with Crippen molar-refractivity contribution in [1.29, 1.82) is 5.26 Å². The molecule has 0 unspecified atom stereocenters. The molecule has 2 aromatic rings. The van der Waals surface area contributed by atoms with E-state index in [2.05, 4.69) is 5.32 Å². The van der Waals surface area contributed by atoms with Gasteiger partial charge in [-0.1, -0.05) is 12.1 Å². The molecule has 6 nitrogen and oxygen atoms in total. The molecule has 0 bridgehead atoms. The Morgan fingerprint density at radius 2 is 2.26 bits per heavy atom. The number of nitrogens with one attached hydrogen (secondary N) is 1. The minimum atomic E-state index is -0.306. The number of hydrogen-bond acceptors (Lipinski definition) is 4. The lowest BCUT2D eigenvalue weighted by Crippen LogP contribution is -2.34. The third-order valence-electron chi connectivity index (χ3n) is 3.97. The summed E-state index contributed by atoms with van der Waals surface area (Å²) in [7, 11) is 0. The smallest absolute Gasteiger partial charge is 0.240 e. The van der Waals surface area contributed by atoms with E-state index in [1.54, 1.807) is 28.8 Å². The maximum atomic E-state index is 12.1. The molecule has 1 aromatic heterocycles. The minimum absolute atomic E-state index is 0.0376. The van der Waals surface area contributed by atoms with Crippen molar-refractivity contribution >= 4 is 16.8 Å². The van der Waals surface area contributed by atoms with E-state index in [1.165, 1.54) is 6.20 Å². The molecule has 0 spiro atoms. The molecular formula is C17H17N3O3. The molecule has 6 heteroatoms. The summed E-state index contributed by atoms with van der Waals surface area (Å²) in [5, 5.41) is 12.4. The molecule has 0 radical (unpaired) electrons. The monoisotopic (exact) mass is 311 g/mol. The van der Waals surface area contributed by atoms with Crippen molar-refractivity contribution in [3.8, 4) is 6.07 Å². The summed E-state index contributed by atoms with van der Waals surface area (Å²) in [6.45, 7) is 1.29. The van der Waals surface area contributed by atoms with Crippen LogP contribution in [0.2, 0.25) is 0 Å². The van der Waals surface area contributed by atoms with Crippen LogP contribution < -0.4 is 10.7 Å². The number of carbonyl (C=O) groups excluding carboxylic acids is 1. The number of pyridine rings is 1. The number of rotatable bonds is 4. The highest BCUT2D eigenvalue weighted by Crippen LogP contribution is 2.12. The average Bonchev–Trinajstić information content (AvgIpc) is 3.09. The lowest BCUT2D eigenvalue weighted by Gasteiger charge is -2.14. The Kier molecular flexibility index (Phi) is 4.40. The summed E-state index contributed by atoms with van der Waals surface area (Å²) in [4.78, 5) is 24.3. The van der Waals surface area contributed by atoms with Gasteiger partial charge < -0.3 is 14.6 Å². The van der Waals surface area contributed by atoms with Gasteiger partial charge in [0.05, 0.1) is 11.6 Å². The number of nitriles is 1. The highest BCUT2D eigenvalue weighted by atomic mass is 16.5. The Bertz CT molecular complexity index is 829. The van der Waals surface area contributed by atoms with Crippen molar-refractivity contribution in [2.24, 2.45) is 0 Å². The van der Waals surface area contributed by atoms with Gasteiger partial charge in [0.1, 0.15) is 18.2 Å². The average molecular weight is 311 g/mol. The van der Waals surface area contributed by atoms with E-state index in [0.29, 0.717) is 17.4 Å². The zero-order valence-corrected chi connectivity index (χ0v) is 12.6. The molecule has 2 heterocycles. The molecule has 1 aliphatic heterocycles. The van der Waals surface area contributed by atoms with Crippen LogP contribution in [-0.2, 0) is 16.1 Å². The maximum Gasteiger partial charge on any atom is 0.240 e. The molecule has 3 rings (SSSR count). The molecule has 1 fully saturated rings. The summed E-state index contributed by atoms with van der Waals surface area (Å²) < 4.78 is 7.11. The van der Waals surface area contributed by atoms with Crippen LogP contribution in [0.25, 0.3) is 10.9 Å². The van der Waals surface area contributed by atoms with Gasteiger partial charge in [0, 0.05) is 24.7 Å². The second-order valence-electron chi connectivity index (χ2n) is 5.57. The van der Waals surface area contributed by atoms with Crippen LogP contribution in [0.5, 0.6) is 0 Å². The van der Waals surface area contributed by atoms with Gasteiger partial charge in [-0.25, -0.2) is 0 Å². The predicted molar refractivity (Wildman–Crippen MR) is 84.9 cm³/mol. The normalized spacial score (nSPS) is 17.1. The molecule has 1 saturated heterocycles. The summed E-state index contributed by atoms with van der Waals surface area (Å²) in [6, 6.07) is 8.87. The first kappa shape index (κ1) is 15.3. The van der Waals surface area contributed by atoms with Gasteiger partial charge in [0.25, 0.3) is 0 Å². The van der Waals surface area contributed by atoms with E-state index >= 15 is 0 Å². The molecule has 23 heavy (non-hydrogen) atoms. The number of para-hydroxylation sites is 1. The van der Waals surface area contributed by atoms with Gasteiger partial charge in [0.15, 0.2) is 0 Å². The number of amides is 1. The summed E-state index contributed by atoms with van der Waals surface area (Å²) in [6.07, 6.45) is 3.51. The second-order valence-corrected chi connectivity index (χ2v) is 5.57. The van der Waals surface area contributed by atoms with Gasteiger partial charge in [-0.15, -0.1) is 0 Å². The SMILES string of the molecule is N#Cc1cn(CC(=O)NC[C@H]2CCCO2)c2ccccc2c1=O. The van der Waals surface area contributed by atoms with E-state index in [1.807, 2.05) is 6.07 Å². The third kappa shape index (κ3) is 3.25. The van der Waals surface area contributed by atoms with Gasteiger partial charge in [-0.05, 0) is 25.0 Å². The lowest BCUT2D eigenvalue weighted by atomic mass is 10.1. The van der Waals surface area contributed by atoms with Gasteiger partial charge in [-0.3, -0.25) is 9.59 Å². The van der Waals surface area contributed by atoms with Crippen molar-refractivity contribution in [2.45, 2.75) is 25.5 Å². The fourth-order valence-electron chi connectivity index (χ4n) is 2.80. The molecule has 118 valence electrons. The van der Waals surface area contributed by atoms with Crippen molar-refractivity contribution in [3.05, 3.63) is 46.2 Å². The molecule has 0 aliphatic carbocycles. The Morgan fingerprint density at radius 1 is 1.43 bits per heavy atom. The maximum absolute atomic E-state index is 12.1. The second kappa shape index (κ2) is 6.63. The van der Waals surface area contributed by atoms with Crippen LogP contribution in [-0.4, -0.2) is 29.7 Å². The standard InChI is InChI=1S/C17H17N3O3/c18-8-12-10-20(15-6-2-1-5-14(15)17(12)22)11-16(21)19-9-13-4-3-7-23-13/h1-2,5-6,10,13H,3-4,7,9,11H2,(H,19,21)/t13-/m1/s1. The highest BCUT2D eigenvalue weighted by Gasteiger charge is 2.17. The zero-order chi connectivity index (χ0) is 16.2. The summed E-state index contributed by atoms with van der Waals surface area (Å²) in [5.74, 6) is -0.168. The lowest BCUT2D eigenvalue weighted by molar-refractivity contribution is -0.122. The molecule has 1 aliphatic rings. The Labute approximate surface area is 133 Å².